The van der Waals surface area contributed by atoms with Crippen LogP contribution < -0.4 is 0 Å². The van der Waals surface area contributed by atoms with Crippen LogP contribution in [0, 0.1) is 16.2 Å². The molecule has 1 N–H and O–H groups in total. The molecule has 0 fully saturated rings. The van der Waals surface area contributed by atoms with E-state index in [1.54, 1.807) is 36.7 Å². The van der Waals surface area contributed by atoms with Crippen LogP contribution in [0.5, 0.6) is 0 Å². The van der Waals surface area contributed by atoms with Gasteiger partial charge in [-0.25, -0.2) is 18.4 Å². The van der Waals surface area contributed by atoms with Crippen LogP contribution in [-0.2, 0) is 31.0 Å². The molecule has 0 aliphatic rings. The van der Waals surface area contributed by atoms with E-state index in [9.17, 15) is 8.42 Å². The van der Waals surface area contributed by atoms with Crippen molar-refractivity contribution in [1.82, 2.24) is 9.97 Å². The molecule has 0 aliphatic carbocycles. The van der Waals surface area contributed by atoms with Gasteiger partial charge < -0.3 is 0 Å². The highest BCUT2D eigenvalue weighted by molar-refractivity contribution is 7.92. The molecule has 2 atom stereocenters. The molecule has 0 bridgehead atoms. The summed E-state index contributed by atoms with van der Waals surface area (Å²) in [6.45, 7) is 0. The maximum Gasteiger partial charge on any atom is 0.214 e. The molecule has 7 nitrogen and oxygen atoms in total. The number of nitrogens with one attached hydrogen (secondary N) is 1. The second-order valence-electron chi connectivity index (χ2n) is 5.52. The molecule has 2 aromatic heterocycles. The molecule has 0 amide bonds. The molecule has 0 spiro atoms. The van der Waals surface area contributed by atoms with Gasteiger partial charge in [0, 0.05) is 37.5 Å². The number of halogens is 4. The third-order valence-electron chi connectivity index (χ3n) is 2.69. The second-order valence-corrected chi connectivity index (χ2v) is 11.8. The van der Waals surface area contributed by atoms with Crippen LogP contribution in [0.4, 0.5) is 0 Å². The van der Waals surface area contributed by atoms with Gasteiger partial charge in [-0.3, -0.25) is 4.78 Å². The van der Waals surface area contributed by atoms with E-state index in [-0.39, 0.29) is 27.1 Å². The average molecular weight is 541 g/mol. The number of hydrogen-bond acceptors (Lipinski definition) is 7. The Labute approximate surface area is 201 Å². The lowest BCUT2D eigenvalue weighted by Crippen LogP contribution is -2.00. The van der Waals surface area contributed by atoms with E-state index in [1.165, 1.54) is 18.7 Å². The highest BCUT2D eigenvalue weighted by Crippen LogP contribution is 2.09. The third-order valence-corrected chi connectivity index (χ3v) is 5.36. The van der Waals surface area contributed by atoms with Gasteiger partial charge in [-0.1, -0.05) is 42.8 Å². The molecular weight excluding hydrogens is 512 g/mol. The number of nitriles is 1. The van der Waals surface area contributed by atoms with Crippen molar-refractivity contribution in [3.8, 4) is 6.19 Å². The number of nitrogens with zero attached hydrogens (tertiary/aromatic N) is 4. The fraction of sp³-hybridized carbons (Fsp3) is 0.353. The molecule has 2 rings (SSSR count). The predicted molar refractivity (Wildman–Crippen MR) is 132 cm³/mol. The van der Waals surface area contributed by atoms with Crippen molar-refractivity contribution in [2.75, 3.05) is 17.9 Å². The first-order chi connectivity index (χ1) is 13.4. The summed E-state index contributed by atoms with van der Waals surface area (Å²) < 4.78 is 33.2. The molecule has 0 saturated heterocycles. The number of pyridine rings is 2. The fourth-order valence-corrected chi connectivity index (χ4v) is 3.79. The first kappa shape index (κ1) is 31.0. The Balaban J connectivity index is -0.000000203. The van der Waals surface area contributed by atoms with Gasteiger partial charge in [0.25, 0.3) is 0 Å². The van der Waals surface area contributed by atoms with E-state index in [2.05, 4.69) is 14.3 Å². The van der Waals surface area contributed by atoms with Gasteiger partial charge in [-0.2, -0.15) is 5.26 Å². The molecule has 0 saturated carbocycles. The fourth-order valence-electron chi connectivity index (χ4n) is 1.73. The van der Waals surface area contributed by atoms with Crippen molar-refractivity contribution in [3.05, 3.63) is 58.1 Å². The van der Waals surface area contributed by atoms with Gasteiger partial charge in [0.05, 0.1) is 26.6 Å². The number of alkyl halides is 2. The molecule has 0 aromatic carbocycles. The second kappa shape index (κ2) is 15.6. The zero-order valence-corrected chi connectivity index (χ0v) is 20.2. The largest absolute Gasteiger partial charge is 0.253 e. The normalized spacial score (nSPS) is 13.4. The highest BCUT2D eigenvalue weighted by atomic mass is 35.5. The van der Waals surface area contributed by atoms with E-state index < -0.39 is 19.5 Å². The van der Waals surface area contributed by atoms with E-state index in [0.717, 1.165) is 11.1 Å². The van der Waals surface area contributed by atoms with Crippen molar-refractivity contribution in [1.29, 1.82) is 10.0 Å². The molecule has 2 heterocycles. The highest BCUT2D eigenvalue weighted by Gasteiger charge is 2.03. The number of rotatable bonds is 4. The smallest absolute Gasteiger partial charge is 0.214 e. The van der Waals surface area contributed by atoms with Gasteiger partial charge in [0.2, 0.25) is 6.19 Å². The minimum Gasteiger partial charge on any atom is -0.253 e. The van der Waals surface area contributed by atoms with Crippen molar-refractivity contribution in [2.45, 2.75) is 18.9 Å². The first-order valence-corrected chi connectivity index (χ1v) is 13.6. The summed E-state index contributed by atoms with van der Waals surface area (Å²) in [6.07, 6.45) is 7.45. The zero-order valence-electron chi connectivity index (χ0n) is 15.5. The Morgan fingerprint density at radius 1 is 1.03 bits per heavy atom. The Morgan fingerprint density at radius 3 is 1.73 bits per heavy atom. The van der Waals surface area contributed by atoms with Crippen LogP contribution >= 0.6 is 46.4 Å². The topological polar surface area (TPSA) is 120 Å². The van der Waals surface area contributed by atoms with E-state index in [4.69, 9.17) is 56.4 Å². The molecule has 30 heavy (non-hydrogen) atoms. The Bertz CT molecular complexity index is 1030. The van der Waals surface area contributed by atoms with E-state index >= 15 is 0 Å². The lowest BCUT2D eigenvalue weighted by molar-refractivity contribution is 0.678. The maximum absolute atomic E-state index is 11.6. The zero-order chi connectivity index (χ0) is 22.5. The standard InChI is InChI=1S/C8H8ClN3OS.C7H9ClN2OS.CH2Cl2.CH4.2H2/c1-14(13,12-6-10)5-7-2-3-8(9)11-4-7;1-12(9,11)5-6-2-3-7(8)10-4-6;2-1-3;;;/h2-4H,5H2,1H3;2-4,9H,5H2,1H3;1H2;1H4;2*1H/i;;;;2*1+1. The Hall–Kier alpha value is -1.15. The lowest BCUT2D eigenvalue weighted by Gasteiger charge is -2.00. The quantitative estimate of drug-likeness (QED) is 0.278. The summed E-state index contributed by atoms with van der Waals surface area (Å²) in [5, 5.41) is 9.28. The van der Waals surface area contributed by atoms with Crippen molar-refractivity contribution >= 4 is 65.9 Å². The predicted octanol–water partition coefficient (Wildman–Crippen LogP) is 6.28. The van der Waals surface area contributed by atoms with Gasteiger partial charge in [0.1, 0.15) is 10.3 Å². The number of aromatic nitrogens is 2. The van der Waals surface area contributed by atoms with Crippen LogP contribution in [-0.4, -0.2) is 36.2 Å². The third kappa shape index (κ3) is 16.6. The van der Waals surface area contributed by atoms with Crippen LogP contribution in [0.15, 0.2) is 41.0 Å². The number of hydrogen-bond donors (Lipinski definition) is 1. The molecule has 2 aromatic rings. The van der Waals surface area contributed by atoms with Gasteiger partial charge >= 0.3 is 0 Å². The van der Waals surface area contributed by atoms with Gasteiger partial charge in [-0.05, 0) is 23.3 Å². The minimum absolute atomic E-state index is 0. The molecule has 172 valence electrons. The first-order valence-electron chi connectivity index (χ1n) is 7.54. The average Bonchev–Trinajstić information content (AvgIpc) is 2.59. The van der Waals surface area contributed by atoms with E-state index in [1.807, 2.05) is 0 Å². The summed E-state index contributed by atoms with van der Waals surface area (Å²) in [5.41, 5.74) is 1.53. The summed E-state index contributed by atoms with van der Waals surface area (Å²) in [4.78, 5) is 7.66. The van der Waals surface area contributed by atoms with Gasteiger partial charge in [0.15, 0.2) is 0 Å². The summed E-state index contributed by atoms with van der Waals surface area (Å²) in [7, 11) is -4.94. The Kier molecular flexibility index (Phi) is 16.2. The van der Waals surface area contributed by atoms with Crippen molar-refractivity contribution in [2.24, 2.45) is 4.36 Å². The lowest BCUT2D eigenvalue weighted by atomic mass is 10.3. The van der Waals surface area contributed by atoms with Gasteiger partial charge in [-0.15, -0.1) is 27.6 Å². The SMILES string of the molecule is C.CS(=N)(=O)Cc1ccc(Cl)nc1.CS(=O)(Cc1ccc(Cl)nc1)=NC#N.ClCCl.[2HH].[2HH]. The molecule has 0 aliphatic heterocycles. The summed E-state index contributed by atoms with van der Waals surface area (Å²) >= 11 is 20.7. The van der Waals surface area contributed by atoms with Crippen LogP contribution in [0.3, 0.4) is 0 Å². The monoisotopic (exact) mass is 539 g/mol. The summed E-state index contributed by atoms with van der Waals surface area (Å²) in [6, 6.07) is 6.68. The van der Waals surface area contributed by atoms with Crippen LogP contribution in [0.25, 0.3) is 0 Å². The van der Waals surface area contributed by atoms with Crippen LogP contribution in [0.1, 0.15) is 21.4 Å². The molecular formula is C17H27Cl4N5O2S2. The van der Waals surface area contributed by atoms with Crippen molar-refractivity contribution < 1.29 is 11.3 Å². The molecule has 13 heteroatoms. The summed E-state index contributed by atoms with van der Waals surface area (Å²) in [5.74, 6) is 0.446. The Morgan fingerprint density at radius 2 is 1.43 bits per heavy atom. The minimum atomic E-state index is -2.47. The molecule has 2 unspecified atom stereocenters. The van der Waals surface area contributed by atoms with Crippen LogP contribution in [0.2, 0.25) is 10.3 Å². The maximum atomic E-state index is 11.6. The van der Waals surface area contributed by atoms with Crippen molar-refractivity contribution in [3.63, 3.8) is 0 Å². The van der Waals surface area contributed by atoms with E-state index in [0.29, 0.717) is 10.3 Å². The molecule has 0 radical (unpaired) electrons.